The number of esters is 2. The molecule has 0 saturated carbocycles. The first-order chi connectivity index (χ1) is 13.0. The van der Waals surface area contributed by atoms with Crippen LogP contribution in [-0.2, 0) is 25.7 Å². The maximum absolute atomic E-state index is 12.4. The molecule has 142 valence electrons. The molecular weight excluding hydrogens is 346 g/mol. The maximum atomic E-state index is 12.4. The monoisotopic (exact) mass is 369 g/mol. The summed E-state index contributed by atoms with van der Waals surface area (Å²) in [6.07, 6.45) is -0.118. The summed E-state index contributed by atoms with van der Waals surface area (Å²) in [4.78, 5) is 36.6. The van der Waals surface area contributed by atoms with Gasteiger partial charge in [0.2, 0.25) is 0 Å². The van der Waals surface area contributed by atoms with Gasteiger partial charge in [0.25, 0.3) is 0 Å². The van der Waals surface area contributed by atoms with Crippen LogP contribution in [-0.4, -0.2) is 36.9 Å². The van der Waals surface area contributed by atoms with Gasteiger partial charge < -0.3 is 9.47 Å². The SMILES string of the molecule is COC(=O)[C@H](CC(=O)c1ccccc1)N[C@@H](C)C(=O)OCc1ccccc1. The Morgan fingerprint density at radius 1 is 0.926 bits per heavy atom. The highest BCUT2D eigenvalue weighted by Crippen LogP contribution is 2.08. The third kappa shape index (κ3) is 6.34. The van der Waals surface area contributed by atoms with Gasteiger partial charge >= 0.3 is 11.9 Å². The van der Waals surface area contributed by atoms with Gasteiger partial charge in [-0.2, -0.15) is 0 Å². The fourth-order valence-corrected chi connectivity index (χ4v) is 2.50. The van der Waals surface area contributed by atoms with Gasteiger partial charge in [-0.05, 0) is 12.5 Å². The summed E-state index contributed by atoms with van der Waals surface area (Å²) in [6, 6.07) is 16.2. The predicted octanol–water partition coefficient (Wildman–Crippen LogP) is 2.52. The van der Waals surface area contributed by atoms with Crippen LogP contribution < -0.4 is 5.32 Å². The molecule has 2 atom stereocenters. The zero-order valence-corrected chi connectivity index (χ0v) is 15.4. The minimum atomic E-state index is -0.943. The third-order valence-corrected chi connectivity index (χ3v) is 4.00. The summed E-state index contributed by atoms with van der Waals surface area (Å²) >= 11 is 0. The van der Waals surface area contributed by atoms with Crippen LogP contribution in [0, 0.1) is 0 Å². The van der Waals surface area contributed by atoms with Gasteiger partial charge in [-0.25, -0.2) is 0 Å². The van der Waals surface area contributed by atoms with Crippen LogP contribution in [0.1, 0.15) is 29.3 Å². The molecule has 27 heavy (non-hydrogen) atoms. The second-order valence-electron chi connectivity index (χ2n) is 6.05. The van der Waals surface area contributed by atoms with Crippen molar-refractivity contribution in [2.75, 3.05) is 7.11 Å². The molecule has 0 spiro atoms. The summed E-state index contributed by atoms with van der Waals surface area (Å²) in [7, 11) is 1.24. The van der Waals surface area contributed by atoms with E-state index in [1.54, 1.807) is 37.3 Å². The number of nitrogens with one attached hydrogen (secondary N) is 1. The van der Waals surface area contributed by atoms with Gasteiger partial charge in [0.1, 0.15) is 18.7 Å². The molecule has 0 aromatic heterocycles. The maximum Gasteiger partial charge on any atom is 0.323 e. The van der Waals surface area contributed by atoms with E-state index in [1.807, 2.05) is 30.3 Å². The predicted molar refractivity (Wildman–Crippen MR) is 100 cm³/mol. The standard InChI is InChI=1S/C21H23NO5/c1-15(20(24)27-14-16-9-5-3-6-10-16)22-18(21(25)26-2)13-19(23)17-11-7-4-8-12-17/h3-12,15,18,22H,13-14H2,1-2H3/t15-,18-/m0/s1. The number of hydrogen-bond donors (Lipinski definition) is 1. The van der Waals surface area contributed by atoms with E-state index in [-0.39, 0.29) is 18.8 Å². The summed E-state index contributed by atoms with van der Waals surface area (Å²) in [5.74, 6) is -1.34. The van der Waals surface area contributed by atoms with Crippen molar-refractivity contribution in [3.8, 4) is 0 Å². The molecule has 0 unspecified atom stereocenters. The lowest BCUT2D eigenvalue weighted by molar-refractivity contribution is -0.148. The van der Waals surface area contributed by atoms with Crippen molar-refractivity contribution in [2.24, 2.45) is 0 Å². The largest absolute Gasteiger partial charge is 0.468 e. The molecule has 0 fully saturated rings. The molecule has 0 aliphatic heterocycles. The smallest absolute Gasteiger partial charge is 0.323 e. The Kier molecular flexibility index (Phi) is 7.70. The summed E-state index contributed by atoms with van der Waals surface area (Å²) < 4.78 is 10.0. The number of carbonyl (C=O) groups is 3. The van der Waals surface area contributed by atoms with Gasteiger partial charge in [-0.3, -0.25) is 19.7 Å². The number of benzene rings is 2. The van der Waals surface area contributed by atoms with Crippen molar-refractivity contribution in [2.45, 2.75) is 32.0 Å². The highest BCUT2D eigenvalue weighted by Gasteiger charge is 2.27. The van der Waals surface area contributed by atoms with Crippen LogP contribution in [0.5, 0.6) is 0 Å². The molecule has 0 amide bonds. The lowest BCUT2D eigenvalue weighted by Crippen LogP contribution is -2.47. The molecule has 2 rings (SSSR count). The Morgan fingerprint density at radius 2 is 1.52 bits per heavy atom. The second kappa shape index (κ2) is 10.2. The molecule has 2 aromatic rings. The van der Waals surface area contributed by atoms with E-state index in [0.29, 0.717) is 5.56 Å². The van der Waals surface area contributed by atoms with Crippen molar-refractivity contribution in [3.63, 3.8) is 0 Å². The first-order valence-corrected chi connectivity index (χ1v) is 8.64. The fourth-order valence-electron chi connectivity index (χ4n) is 2.50. The van der Waals surface area contributed by atoms with Crippen molar-refractivity contribution in [1.29, 1.82) is 0 Å². The van der Waals surface area contributed by atoms with E-state index in [4.69, 9.17) is 9.47 Å². The number of carbonyl (C=O) groups excluding carboxylic acids is 3. The molecule has 0 bridgehead atoms. The van der Waals surface area contributed by atoms with Gasteiger partial charge in [0.15, 0.2) is 5.78 Å². The average molecular weight is 369 g/mol. The number of methoxy groups -OCH3 is 1. The molecule has 0 aliphatic rings. The Balaban J connectivity index is 1.94. The normalized spacial score (nSPS) is 12.7. The van der Waals surface area contributed by atoms with E-state index < -0.39 is 24.0 Å². The molecule has 6 nitrogen and oxygen atoms in total. The number of Topliss-reactive ketones (excluding diaryl/α,β-unsaturated/α-hetero) is 1. The highest BCUT2D eigenvalue weighted by atomic mass is 16.5. The number of hydrogen-bond acceptors (Lipinski definition) is 6. The zero-order valence-electron chi connectivity index (χ0n) is 15.4. The van der Waals surface area contributed by atoms with Crippen LogP contribution in [0.25, 0.3) is 0 Å². The van der Waals surface area contributed by atoms with Gasteiger partial charge in [0, 0.05) is 12.0 Å². The molecule has 1 N–H and O–H groups in total. The van der Waals surface area contributed by atoms with Gasteiger partial charge in [0.05, 0.1) is 7.11 Å². The minimum Gasteiger partial charge on any atom is -0.468 e. The Hall–Kier alpha value is -2.99. The van der Waals surface area contributed by atoms with E-state index in [0.717, 1.165) is 5.56 Å². The topological polar surface area (TPSA) is 81.7 Å². The summed E-state index contributed by atoms with van der Waals surface area (Å²) in [5.41, 5.74) is 1.36. The van der Waals surface area contributed by atoms with E-state index in [2.05, 4.69) is 5.32 Å². The zero-order chi connectivity index (χ0) is 19.6. The van der Waals surface area contributed by atoms with Crippen LogP contribution in [0.2, 0.25) is 0 Å². The minimum absolute atomic E-state index is 0.118. The molecule has 2 aromatic carbocycles. The lowest BCUT2D eigenvalue weighted by atomic mass is 10.0. The van der Waals surface area contributed by atoms with E-state index in [9.17, 15) is 14.4 Å². The molecule has 0 heterocycles. The van der Waals surface area contributed by atoms with Crippen LogP contribution >= 0.6 is 0 Å². The second-order valence-corrected chi connectivity index (χ2v) is 6.05. The molecule has 0 radical (unpaired) electrons. The van der Waals surface area contributed by atoms with Gasteiger partial charge in [-0.1, -0.05) is 60.7 Å². The first-order valence-electron chi connectivity index (χ1n) is 8.64. The number of ketones is 1. The van der Waals surface area contributed by atoms with Gasteiger partial charge in [-0.15, -0.1) is 0 Å². The molecule has 6 heteroatoms. The fraction of sp³-hybridized carbons (Fsp3) is 0.286. The van der Waals surface area contributed by atoms with Crippen LogP contribution in [0.4, 0.5) is 0 Å². The first kappa shape index (κ1) is 20.3. The lowest BCUT2D eigenvalue weighted by Gasteiger charge is -2.20. The Labute approximate surface area is 158 Å². The van der Waals surface area contributed by atoms with E-state index in [1.165, 1.54) is 7.11 Å². The molecule has 0 aliphatic carbocycles. The van der Waals surface area contributed by atoms with Crippen LogP contribution in [0.3, 0.4) is 0 Å². The third-order valence-electron chi connectivity index (χ3n) is 4.00. The summed E-state index contributed by atoms with van der Waals surface area (Å²) in [5, 5.41) is 2.83. The quantitative estimate of drug-likeness (QED) is 0.540. The van der Waals surface area contributed by atoms with Crippen molar-refractivity contribution in [3.05, 3.63) is 71.8 Å². The number of ether oxygens (including phenoxy) is 2. The average Bonchev–Trinajstić information content (AvgIpc) is 2.72. The molecule has 0 saturated heterocycles. The van der Waals surface area contributed by atoms with Crippen molar-refractivity contribution >= 4 is 17.7 Å². The van der Waals surface area contributed by atoms with Crippen molar-refractivity contribution in [1.82, 2.24) is 5.32 Å². The van der Waals surface area contributed by atoms with Crippen molar-refractivity contribution < 1.29 is 23.9 Å². The highest BCUT2D eigenvalue weighted by molar-refractivity contribution is 5.99. The van der Waals surface area contributed by atoms with E-state index >= 15 is 0 Å². The number of rotatable bonds is 9. The Bertz CT molecular complexity index is 761. The molecular formula is C21H23NO5. The Morgan fingerprint density at radius 3 is 2.11 bits per heavy atom. The summed E-state index contributed by atoms with van der Waals surface area (Å²) in [6.45, 7) is 1.72. The van der Waals surface area contributed by atoms with Crippen LogP contribution in [0.15, 0.2) is 60.7 Å².